The first-order valence-electron chi connectivity index (χ1n) is 13.1. The fourth-order valence-electron chi connectivity index (χ4n) is 5.74. The largest absolute Gasteiger partial charge is 0.872 e. The summed E-state index contributed by atoms with van der Waals surface area (Å²) in [6.45, 7) is 0. The number of rotatable bonds is 2. The maximum absolute atomic E-state index is 12.5. The first-order valence-corrected chi connectivity index (χ1v) is 13.1. The van der Waals surface area contributed by atoms with Crippen LogP contribution in [0.4, 0.5) is 0 Å². The molecule has 0 atom stereocenters. The molecule has 0 spiro atoms. The van der Waals surface area contributed by atoms with Crippen molar-refractivity contribution in [3.05, 3.63) is 131 Å². The van der Waals surface area contributed by atoms with Crippen molar-refractivity contribution in [2.45, 2.75) is 12.8 Å². The molecule has 2 aromatic heterocycles. The molecule has 0 amide bonds. The highest BCUT2D eigenvalue weighted by Gasteiger charge is 2.21. The van der Waals surface area contributed by atoms with E-state index in [-0.39, 0.29) is 23.0 Å². The molecule has 0 radical (unpaired) electrons. The molecule has 40 heavy (non-hydrogen) atoms. The van der Waals surface area contributed by atoms with Gasteiger partial charge in [-0.05, 0) is 69.8 Å². The molecular formula is C34H23N2O4-3. The molecule has 6 heteroatoms. The number of nitrogens with one attached hydrogen (secondary N) is 2. The maximum atomic E-state index is 12.5. The standard InChI is InChI=1S/2C17H13NO2/c2*19-16-11-6-2-1-5-10(11)9-13(16)15-17(20)12-7-3-4-8-14(12)18-15/h2*1-8,18-20H,9H2/p-3. The molecule has 196 valence electrons. The Morgan fingerprint density at radius 3 is 1.52 bits per heavy atom. The third kappa shape index (κ3) is 3.65. The van der Waals surface area contributed by atoms with Crippen LogP contribution < -0.4 is 15.3 Å². The summed E-state index contributed by atoms with van der Waals surface area (Å²) in [6, 6.07) is 30.0. The minimum atomic E-state index is -0.0863. The minimum absolute atomic E-state index is 0.00227. The van der Waals surface area contributed by atoms with E-state index in [1.807, 2.05) is 91.0 Å². The number of benzene rings is 4. The zero-order valence-electron chi connectivity index (χ0n) is 21.3. The van der Waals surface area contributed by atoms with Gasteiger partial charge in [0.15, 0.2) is 0 Å². The summed E-state index contributed by atoms with van der Waals surface area (Å²) >= 11 is 0. The highest BCUT2D eigenvalue weighted by molar-refractivity contribution is 6.00. The van der Waals surface area contributed by atoms with Gasteiger partial charge < -0.3 is 30.4 Å². The summed E-state index contributed by atoms with van der Waals surface area (Å²) in [7, 11) is 0. The highest BCUT2D eigenvalue weighted by atomic mass is 16.3. The molecule has 0 unspecified atom stereocenters. The number of aromatic nitrogens is 2. The molecule has 0 saturated carbocycles. The Labute approximate surface area is 229 Å². The highest BCUT2D eigenvalue weighted by Crippen LogP contribution is 2.41. The van der Waals surface area contributed by atoms with Crippen LogP contribution in [0.5, 0.6) is 11.5 Å². The summed E-state index contributed by atoms with van der Waals surface area (Å²) in [6.07, 6.45) is 1.09. The van der Waals surface area contributed by atoms with Crippen molar-refractivity contribution in [1.82, 2.24) is 9.97 Å². The average molecular weight is 524 g/mol. The number of allylic oxidation sites excluding steroid dienone is 2. The van der Waals surface area contributed by atoms with E-state index in [9.17, 15) is 20.4 Å². The van der Waals surface area contributed by atoms with E-state index in [1.165, 1.54) is 0 Å². The number of aromatic hydroxyl groups is 1. The Hall–Kier alpha value is -5.36. The fourth-order valence-corrected chi connectivity index (χ4v) is 5.74. The average Bonchev–Trinajstić information content (AvgIpc) is 3.71. The van der Waals surface area contributed by atoms with Crippen LogP contribution in [0.3, 0.4) is 0 Å². The van der Waals surface area contributed by atoms with Crippen molar-refractivity contribution in [1.29, 1.82) is 0 Å². The molecule has 6 nitrogen and oxygen atoms in total. The zero-order valence-corrected chi connectivity index (χ0v) is 21.3. The SMILES string of the molecule is [O-]C1=C(c2[nH]c3ccccc3c2O)Cc2ccccc21.[O-]C1=C(c2[nH]c3ccccc3c2[O-])Cc2ccccc21. The summed E-state index contributed by atoms with van der Waals surface area (Å²) in [5.41, 5.74) is 7.28. The van der Waals surface area contributed by atoms with Gasteiger partial charge in [-0.3, -0.25) is 0 Å². The quantitative estimate of drug-likeness (QED) is 0.305. The van der Waals surface area contributed by atoms with Crippen LogP contribution in [-0.4, -0.2) is 15.1 Å². The van der Waals surface area contributed by atoms with Gasteiger partial charge in [0.2, 0.25) is 0 Å². The van der Waals surface area contributed by atoms with Gasteiger partial charge in [0.05, 0.1) is 5.69 Å². The van der Waals surface area contributed by atoms with Gasteiger partial charge in [-0.2, -0.15) is 0 Å². The van der Waals surface area contributed by atoms with Crippen LogP contribution in [0.25, 0.3) is 44.5 Å². The lowest BCUT2D eigenvalue weighted by atomic mass is 10.1. The Balaban J connectivity index is 0.000000132. The van der Waals surface area contributed by atoms with E-state index in [2.05, 4.69) is 9.97 Å². The lowest BCUT2D eigenvalue weighted by Crippen LogP contribution is -2.03. The molecule has 0 bridgehead atoms. The molecule has 2 aliphatic carbocycles. The van der Waals surface area contributed by atoms with Crippen molar-refractivity contribution >= 4 is 44.5 Å². The van der Waals surface area contributed by atoms with E-state index in [0.717, 1.165) is 33.1 Å². The Kier molecular flexibility index (Phi) is 5.42. The van der Waals surface area contributed by atoms with Crippen molar-refractivity contribution in [3.63, 3.8) is 0 Å². The molecule has 8 rings (SSSR count). The predicted molar refractivity (Wildman–Crippen MR) is 152 cm³/mol. The first kappa shape index (κ1) is 23.7. The summed E-state index contributed by atoms with van der Waals surface area (Å²) in [5, 5.41) is 49.0. The molecule has 0 aliphatic heterocycles. The number of hydrogen-bond acceptors (Lipinski definition) is 4. The molecule has 2 heterocycles. The lowest BCUT2D eigenvalue weighted by molar-refractivity contribution is -0.266. The Bertz CT molecular complexity index is 1860. The van der Waals surface area contributed by atoms with E-state index >= 15 is 0 Å². The van der Waals surface area contributed by atoms with Gasteiger partial charge >= 0.3 is 0 Å². The molecule has 3 N–H and O–H groups in total. The van der Waals surface area contributed by atoms with Crippen molar-refractivity contribution in [3.8, 4) is 11.5 Å². The minimum Gasteiger partial charge on any atom is -0.872 e. The van der Waals surface area contributed by atoms with E-state index in [1.54, 1.807) is 6.07 Å². The third-order valence-electron chi connectivity index (χ3n) is 7.75. The van der Waals surface area contributed by atoms with Gasteiger partial charge in [-0.1, -0.05) is 96.1 Å². The summed E-state index contributed by atoms with van der Waals surface area (Å²) < 4.78 is 0. The summed E-state index contributed by atoms with van der Waals surface area (Å²) in [5.74, 6) is 0.0419. The lowest BCUT2D eigenvalue weighted by Gasteiger charge is -2.15. The predicted octanol–water partition coefficient (Wildman–Crippen LogP) is 4.68. The molecule has 0 saturated heterocycles. The van der Waals surface area contributed by atoms with Crippen LogP contribution in [-0.2, 0) is 12.8 Å². The fraction of sp³-hybridized carbons (Fsp3) is 0.0588. The number of hydrogen-bond donors (Lipinski definition) is 3. The van der Waals surface area contributed by atoms with E-state index < -0.39 is 0 Å². The zero-order chi connectivity index (χ0) is 27.4. The van der Waals surface area contributed by atoms with Crippen LogP contribution >= 0.6 is 0 Å². The third-order valence-corrected chi connectivity index (χ3v) is 7.75. The van der Waals surface area contributed by atoms with Gasteiger partial charge in [0, 0.05) is 22.1 Å². The van der Waals surface area contributed by atoms with Gasteiger partial charge in [-0.25, -0.2) is 0 Å². The molecule has 4 aromatic carbocycles. The number of para-hydroxylation sites is 2. The number of aromatic amines is 2. The molecular weight excluding hydrogens is 500 g/mol. The smallest absolute Gasteiger partial charge is 0.148 e. The second kappa shape index (κ2) is 9.13. The Morgan fingerprint density at radius 1 is 0.525 bits per heavy atom. The second-order valence-corrected chi connectivity index (χ2v) is 10.1. The normalized spacial score (nSPS) is 14.0. The second-order valence-electron chi connectivity index (χ2n) is 10.1. The van der Waals surface area contributed by atoms with Crippen molar-refractivity contribution in [2.24, 2.45) is 0 Å². The summed E-state index contributed by atoms with van der Waals surface area (Å²) in [4.78, 5) is 6.26. The van der Waals surface area contributed by atoms with Gasteiger partial charge in [0.1, 0.15) is 5.75 Å². The first-order chi connectivity index (χ1) is 19.5. The molecule has 2 aliphatic rings. The molecule has 6 aromatic rings. The van der Waals surface area contributed by atoms with Crippen LogP contribution in [0.15, 0.2) is 97.1 Å². The van der Waals surface area contributed by atoms with Crippen molar-refractivity contribution in [2.75, 3.05) is 0 Å². The molecule has 0 fully saturated rings. The van der Waals surface area contributed by atoms with Crippen LogP contribution in [0, 0.1) is 0 Å². The van der Waals surface area contributed by atoms with E-state index in [4.69, 9.17) is 0 Å². The number of fused-ring (bicyclic) bond motifs is 4. The van der Waals surface area contributed by atoms with Crippen molar-refractivity contribution < 1.29 is 20.4 Å². The monoisotopic (exact) mass is 523 g/mol. The van der Waals surface area contributed by atoms with E-state index in [0.29, 0.717) is 46.3 Å². The van der Waals surface area contributed by atoms with Crippen LogP contribution in [0.2, 0.25) is 0 Å². The van der Waals surface area contributed by atoms with Crippen LogP contribution in [0.1, 0.15) is 33.6 Å². The maximum Gasteiger partial charge on any atom is 0.148 e. The number of H-pyrrole nitrogens is 2. The van der Waals surface area contributed by atoms with Gasteiger partial charge in [-0.15, -0.1) is 0 Å². The van der Waals surface area contributed by atoms with Gasteiger partial charge in [0.25, 0.3) is 0 Å². The topological polar surface area (TPSA) is 121 Å². The Morgan fingerprint density at radius 2 is 0.975 bits per heavy atom.